The van der Waals surface area contributed by atoms with Gasteiger partial charge in [0.15, 0.2) is 0 Å². The molecular weight excluding hydrogens is 346 g/mol. The molecule has 1 aromatic carbocycles. The van der Waals surface area contributed by atoms with E-state index in [1.807, 2.05) is 12.1 Å². The molecule has 0 fully saturated rings. The number of nitrogens with one attached hydrogen (secondary N) is 1. The molecule has 3 aromatic rings. The lowest BCUT2D eigenvalue weighted by atomic mass is 10.1. The summed E-state index contributed by atoms with van der Waals surface area (Å²) < 4.78 is 0.828. The average molecular weight is 358 g/mol. The molecule has 6 heteroatoms. The fourth-order valence-electron chi connectivity index (χ4n) is 2.17. The summed E-state index contributed by atoms with van der Waals surface area (Å²) >= 11 is 3.38. The molecule has 0 spiro atoms. The van der Waals surface area contributed by atoms with Crippen LogP contribution in [0.5, 0.6) is 5.88 Å². The van der Waals surface area contributed by atoms with Crippen molar-refractivity contribution in [1.29, 1.82) is 0 Å². The maximum Gasteiger partial charge on any atom is 0.258 e. The van der Waals surface area contributed by atoms with E-state index in [9.17, 15) is 9.90 Å². The van der Waals surface area contributed by atoms with E-state index >= 15 is 0 Å². The highest BCUT2D eigenvalue weighted by Crippen LogP contribution is 2.24. The van der Waals surface area contributed by atoms with E-state index in [2.05, 4.69) is 30.9 Å². The highest BCUT2D eigenvalue weighted by atomic mass is 79.9. The number of aliphatic imine (C=N–C) groups is 1. The number of hydrogen-bond acceptors (Lipinski definition) is 4. The van der Waals surface area contributed by atoms with Crippen LogP contribution in [-0.2, 0) is 6.54 Å². The Morgan fingerprint density at radius 2 is 2.00 bits per heavy atom. The van der Waals surface area contributed by atoms with Gasteiger partial charge < -0.3 is 5.11 Å². The number of aromatic nitrogens is 2. The highest BCUT2D eigenvalue weighted by molar-refractivity contribution is 9.10. The molecule has 5 nitrogen and oxygen atoms in total. The second-order valence-corrected chi connectivity index (χ2v) is 5.65. The standard InChI is InChI=1S/C16H12BrN3O2/c17-11-1-2-12-13(7-11)14(16(22)20-15(12)21)9-19-8-10-3-5-18-6-4-10/h1-7,9H,8H2,(H2,20,21,22). The van der Waals surface area contributed by atoms with Gasteiger partial charge in [0.2, 0.25) is 5.88 Å². The van der Waals surface area contributed by atoms with Gasteiger partial charge in [-0.1, -0.05) is 15.9 Å². The molecule has 0 saturated heterocycles. The molecule has 0 unspecified atom stereocenters. The molecule has 3 rings (SSSR count). The van der Waals surface area contributed by atoms with Gasteiger partial charge in [-0.05, 0) is 35.9 Å². The first-order valence-corrected chi connectivity index (χ1v) is 7.37. The van der Waals surface area contributed by atoms with Crippen molar-refractivity contribution < 1.29 is 5.11 Å². The first-order chi connectivity index (χ1) is 10.6. The van der Waals surface area contributed by atoms with Crippen LogP contribution in [0.25, 0.3) is 10.8 Å². The van der Waals surface area contributed by atoms with Crippen molar-refractivity contribution in [2.75, 3.05) is 0 Å². The molecule has 0 atom stereocenters. The topological polar surface area (TPSA) is 78.3 Å². The summed E-state index contributed by atoms with van der Waals surface area (Å²) in [5.74, 6) is -0.186. The van der Waals surface area contributed by atoms with Crippen LogP contribution in [0, 0.1) is 0 Å². The van der Waals surface area contributed by atoms with E-state index in [0.717, 1.165) is 10.0 Å². The summed E-state index contributed by atoms with van der Waals surface area (Å²) in [5.41, 5.74) is 1.18. The molecule has 110 valence electrons. The van der Waals surface area contributed by atoms with E-state index < -0.39 is 0 Å². The van der Waals surface area contributed by atoms with Gasteiger partial charge in [0.1, 0.15) is 0 Å². The minimum absolute atomic E-state index is 0.186. The molecule has 0 radical (unpaired) electrons. The van der Waals surface area contributed by atoms with Crippen molar-refractivity contribution in [3.63, 3.8) is 0 Å². The molecule has 0 amide bonds. The zero-order valence-electron chi connectivity index (χ0n) is 11.5. The number of aromatic hydroxyl groups is 1. The summed E-state index contributed by atoms with van der Waals surface area (Å²) in [7, 11) is 0. The monoisotopic (exact) mass is 357 g/mol. The number of H-pyrrole nitrogens is 1. The smallest absolute Gasteiger partial charge is 0.258 e. The average Bonchev–Trinajstić information content (AvgIpc) is 2.51. The van der Waals surface area contributed by atoms with Gasteiger partial charge in [-0.25, -0.2) is 0 Å². The second-order valence-electron chi connectivity index (χ2n) is 4.73. The van der Waals surface area contributed by atoms with E-state index in [1.165, 1.54) is 0 Å². The SMILES string of the molecule is O=c1[nH]c(O)c(C=NCc2ccncc2)c2cc(Br)ccc12. The lowest BCUT2D eigenvalue weighted by molar-refractivity contribution is 0.452. The van der Waals surface area contributed by atoms with Crippen LogP contribution in [0.15, 0.2) is 57.0 Å². The maximum absolute atomic E-state index is 11.9. The highest BCUT2D eigenvalue weighted by Gasteiger charge is 2.09. The number of aromatic amines is 1. The van der Waals surface area contributed by atoms with Gasteiger partial charge in [-0.15, -0.1) is 0 Å². The Balaban J connectivity index is 2.03. The summed E-state index contributed by atoms with van der Waals surface area (Å²) in [6.45, 7) is 0.469. The third kappa shape index (κ3) is 2.92. The summed E-state index contributed by atoms with van der Waals surface area (Å²) in [6.07, 6.45) is 4.98. The molecule has 22 heavy (non-hydrogen) atoms. The van der Waals surface area contributed by atoms with Crippen LogP contribution in [0.2, 0.25) is 0 Å². The Morgan fingerprint density at radius 3 is 2.77 bits per heavy atom. The molecule has 0 aliphatic rings. The number of pyridine rings is 2. The number of fused-ring (bicyclic) bond motifs is 1. The molecule has 0 saturated carbocycles. The fourth-order valence-corrected chi connectivity index (χ4v) is 2.53. The Kier molecular flexibility index (Phi) is 4.02. The summed E-state index contributed by atoms with van der Waals surface area (Å²) in [5, 5.41) is 11.2. The normalized spacial score (nSPS) is 11.3. The van der Waals surface area contributed by atoms with E-state index in [0.29, 0.717) is 22.9 Å². The van der Waals surface area contributed by atoms with Gasteiger partial charge in [-0.3, -0.25) is 19.8 Å². The Bertz CT molecular complexity index is 904. The van der Waals surface area contributed by atoms with Crippen LogP contribution in [0.1, 0.15) is 11.1 Å². The molecule has 0 aliphatic heterocycles. The Morgan fingerprint density at radius 1 is 1.23 bits per heavy atom. The van der Waals surface area contributed by atoms with Gasteiger partial charge >= 0.3 is 0 Å². The van der Waals surface area contributed by atoms with Crippen LogP contribution in [0.4, 0.5) is 0 Å². The summed E-state index contributed by atoms with van der Waals surface area (Å²) in [6, 6.07) is 9.03. The van der Waals surface area contributed by atoms with Crippen molar-refractivity contribution in [1.82, 2.24) is 9.97 Å². The van der Waals surface area contributed by atoms with E-state index in [4.69, 9.17) is 0 Å². The molecule has 2 N–H and O–H groups in total. The first-order valence-electron chi connectivity index (χ1n) is 6.58. The minimum atomic E-state index is -0.328. The Labute approximate surface area is 134 Å². The van der Waals surface area contributed by atoms with Crippen molar-refractivity contribution in [2.45, 2.75) is 6.54 Å². The summed E-state index contributed by atoms with van der Waals surface area (Å²) in [4.78, 5) is 22.6. The third-order valence-corrected chi connectivity index (χ3v) is 3.74. The van der Waals surface area contributed by atoms with Gasteiger partial charge in [-0.2, -0.15) is 0 Å². The zero-order chi connectivity index (χ0) is 15.5. The minimum Gasteiger partial charge on any atom is -0.494 e. The Hall–Kier alpha value is -2.47. The van der Waals surface area contributed by atoms with Crippen LogP contribution in [-0.4, -0.2) is 21.3 Å². The first kappa shape index (κ1) is 14.5. The van der Waals surface area contributed by atoms with Crippen LogP contribution in [0.3, 0.4) is 0 Å². The lowest BCUT2D eigenvalue weighted by Crippen LogP contribution is -2.08. The maximum atomic E-state index is 11.9. The van der Waals surface area contributed by atoms with E-state index in [1.54, 1.807) is 36.8 Å². The largest absolute Gasteiger partial charge is 0.494 e. The van der Waals surface area contributed by atoms with Gasteiger partial charge in [0, 0.05) is 33.9 Å². The van der Waals surface area contributed by atoms with Crippen molar-refractivity contribution in [2.24, 2.45) is 4.99 Å². The predicted octanol–water partition coefficient (Wildman–Crippen LogP) is 3.01. The quantitative estimate of drug-likeness (QED) is 0.707. The van der Waals surface area contributed by atoms with Crippen molar-refractivity contribution in [3.8, 4) is 5.88 Å². The number of halogens is 1. The number of rotatable bonds is 3. The molecule has 2 aromatic heterocycles. The fraction of sp³-hybridized carbons (Fsp3) is 0.0625. The molecule has 0 bridgehead atoms. The van der Waals surface area contributed by atoms with Gasteiger partial charge in [0.05, 0.1) is 12.1 Å². The third-order valence-electron chi connectivity index (χ3n) is 3.25. The molecule has 2 heterocycles. The molecular formula is C16H12BrN3O2. The van der Waals surface area contributed by atoms with E-state index in [-0.39, 0.29) is 11.4 Å². The van der Waals surface area contributed by atoms with Crippen molar-refractivity contribution >= 4 is 32.9 Å². The van der Waals surface area contributed by atoms with Gasteiger partial charge in [0.25, 0.3) is 5.56 Å². The number of benzene rings is 1. The van der Waals surface area contributed by atoms with Crippen LogP contribution >= 0.6 is 15.9 Å². The predicted molar refractivity (Wildman–Crippen MR) is 89.5 cm³/mol. The second kappa shape index (κ2) is 6.11. The number of hydrogen-bond donors (Lipinski definition) is 2. The van der Waals surface area contributed by atoms with Crippen LogP contribution < -0.4 is 5.56 Å². The zero-order valence-corrected chi connectivity index (χ0v) is 13.0. The van der Waals surface area contributed by atoms with Crippen molar-refractivity contribution in [3.05, 3.63) is 68.7 Å². The lowest BCUT2D eigenvalue weighted by Gasteiger charge is -2.05. The molecule has 0 aliphatic carbocycles. The number of nitrogens with zero attached hydrogens (tertiary/aromatic N) is 2.